The summed E-state index contributed by atoms with van der Waals surface area (Å²) in [5, 5.41) is 11.9. The molecular formula is C18H26N6O. The first kappa shape index (κ1) is 16.2. The molecule has 2 heterocycles. The van der Waals surface area contributed by atoms with Crippen LogP contribution in [0.3, 0.4) is 0 Å². The smallest absolute Gasteiger partial charge is 0.317 e. The summed E-state index contributed by atoms with van der Waals surface area (Å²) in [6, 6.07) is 2.58. The number of amides is 2. The minimum Gasteiger partial charge on any atom is -0.317 e. The minimum atomic E-state index is -0.0458. The first-order valence-corrected chi connectivity index (χ1v) is 9.12. The summed E-state index contributed by atoms with van der Waals surface area (Å²) in [5.41, 5.74) is 1.99. The molecule has 2 aromatic heterocycles. The van der Waals surface area contributed by atoms with Crippen molar-refractivity contribution < 1.29 is 4.79 Å². The van der Waals surface area contributed by atoms with E-state index < -0.39 is 0 Å². The zero-order valence-electron chi connectivity index (χ0n) is 15.1. The number of anilines is 1. The van der Waals surface area contributed by atoms with E-state index in [9.17, 15) is 4.79 Å². The SMILES string of the molecule is Cc1cc(NC(=O)N(Cc2cnn(C)c2)C2CC2)n([C@H](C)C2CC2)n1. The van der Waals surface area contributed by atoms with Crippen molar-refractivity contribution in [3.8, 4) is 0 Å². The van der Waals surface area contributed by atoms with Crippen molar-refractivity contribution in [2.75, 3.05) is 5.32 Å². The minimum absolute atomic E-state index is 0.0458. The third-order valence-electron chi connectivity index (χ3n) is 5.14. The molecule has 2 aliphatic rings. The van der Waals surface area contributed by atoms with Gasteiger partial charge in [0.1, 0.15) is 5.82 Å². The van der Waals surface area contributed by atoms with E-state index >= 15 is 0 Å². The molecule has 2 aromatic rings. The van der Waals surface area contributed by atoms with Crippen LogP contribution < -0.4 is 5.32 Å². The maximum Gasteiger partial charge on any atom is 0.323 e. The molecule has 0 bridgehead atoms. The summed E-state index contributed by atoms with van der Waals surface area (Å²) in [7, 11) is 1.89. The van der Waals surface area contributed by atoms with Crippen molar-refractivity contribution in [1.82, 2.24) is 24.5 Å². The number of rotatable bonds is 6. The number of urea groups is 1. The summed E-state index contributed by atoms with van der Waals surface area (Å²) in [6.45, 7) is 4.75. The lowest BCUT2D eigenvalue weighted by molar-refractivity contribution is 0.205. The molecule has 2 aliphatic carbocycles. The molecule has 0 aromatic carbocycles. The Morgan fingerprint density at radius 1 is 1.40 bits per heavy atom. The Morgan fingerprint density at radius 2 is 2.16 bits per heavy atom. The summed E-state index contributed by atoms with van der Waals surface area (Å²) in [4.78, 5) is 14.8. The summed E-state index contributed by atoms with van der Waals surface area (Å²) >= 11 is 0. The van der Waals surface area contributed by atoms with Gasteiger partial charge in [-0.15, -0.1) is 0 Å². The van der Waals surface area contributed by atoms with Crippen molar-refractivity contribution in [3.63, 3.8) is 0 Å². The van der Waals surface area contributed by atoms with Gasteiger partial charge >= 0.3 is 6.03 Å². The fraction of sp³-hybridized carbons (Fsp3) is 0.611. The van der Waals surface area contributed by atoms with E-state index in [4.69, 9.17) is 0 Å². The quantitative estimate of drug-likeness (QED) is 0.877. The summed E-state index contributed by atoms with van der Waals surface area (Å²) in [5.74, 6) is 1.49. The second-order valence-corrected chi connectivity index (χ2v) is 7.51. The highest BCUT2D eigenvalue weighted by Gasteiger charge is 2.34. The number of carbonyl (C=O) groups excluding carboxylic acids is 1. The van der Waals surface area contributed by atoms with Gasteiger partial charge in [0, 0.05) is 30.9 Å². The molecule has 1 N–H and O–H groups in total. The van der Waals surface area contributed by atoms with Crippen LogP contribution in [-0.2, 0) is 13.6 Å². The molecule has 2 saturated carbocycles. The predicted octanol–water partition coefficient (Wildman–Crippen LogP) is 3.09. The number of nitrogens with zero attached hydrogens (tertiary/aromatic N) is 5. The molecule has 4 rings (SSSR count). The van der Waals surface area contributed by atoms with Crippen LogP contribution in [0.1, 0.15) is 49.9 Å². The van der Waals surface area contributed by atoms with Gasteiger partial charge in [-0.3, -0.25) is 10.00 Å². The van der Waals surface area contributed by atoms with Gasteiger partial charge in [0.25, 0.3) is 0 Å². The number of nitrogens with one attached hydrogen (secondary N) is 1. The van der Waals surface area contributed by atoms with Gasteiger partial charge in [-0.05, 0) is 45.4 Å². The molecule has 0 aliphatic heterocycles. The average Bonchev–Trinajstić information content (AvgIpc) is 3.48. The molecule has 0 spiro atoms. The summed E-state index contributed by atoms with van der Waals surface area (Å²) in [6.07, 6.45) is 8.44. The number of hydrogen-bond acceptors (Lipinski definition) is 3. The van der Waals surface area contributed by atoms with Crippen molar-refractivity contribution in [1.29, 1.82) is 0 Å². The van der Waals surface area contributed by atoms with Gasteiger partial charge in [0.05, 0.1) is 24.5 Å². The van der Waals surface area contributed by atoms with Gasteiger partial charge in [-0.25, -0.2) is 9.48 Å². The largest absolute Gasteiger partial charge is 0.323 e. The molecule has 2 amide bonds. The van der Waals surface area contributed by atoms with Crippen LogP contribution in [0.25, 0.3) is 0 Å². The molecule has 7 heteroatoms. The first-order valence-electron chi connectivity index (χ1n) is 9.12. The highest BCUT2D eigenvalue weighted by atomic mass is 16.2. The van der Waals surface area contributed by atoms with Gasteiger partial charge in [-0.1, -0.05) is 0 Å². The van der Waals surface area contributed by atoms with Gasteiger partial charge in [0.15, 0.2) is 0 Å². The van der Waals surface area contributed by atoms with E-state index in [1.165, 1.54) is 12.8 Å². The van der Waals surface area contributed by atoms with Crippen LogP contribution in [0.2, 0.25) is 0 Å². The van der Waals surface area contributed by atoms with Crippen LogP contribution in [0.4, 0.5) is 10.6 Å². The lowest BCUT2D eigenvalue weighted by atomic mass is 10.2. The zero-order chi connectivity index (χ0) is 17.6. The number of aromatic nitrogens is 4. The lowest BCUT2D eigenvalue weighted by Gasteiger charge is -2.23. The summed E-state index contributed by atoms with van der Waals surface area (Å²) < 4.78 is 3.76. The Hall–Kier alpha value is -2.31. The molecule has 0 radical (unpaired) electrons. The topological polar surface area (TPSA) is 68.0 Å². The fourth-order valence-corrected chi connectivity index (χ4v) is 3.38. The third kappa shape index (κ3) is 3.55. The van der Waals surface area contributed by atoms with E-state index in [2.05, 4.69) is 22.4 Å². The molecule has 134 valence electrons. The van der Waals surface area contributed by atoms with Crippen molar-refractivity contribution in [2.45, 2.75) is 58.2 Å². The normalized spacial score (nSPS) is 18.2. The van der Waals surface area contributed by atoms with E-state index in [0.717, 1.165) is 29.9 Å². The van der Waals surface area contributed by atoms with Gasteiger partial charge in [-0.2, -0.15) is 10.2 Å². The van der Waals surface area contributed by atoms with E-state index in [0.29, 0.717) is 24.5 Å². The Balaban J connectivity index is 1.49. The lowest BCUT2D eigenvalue weighted by Crippen LogP contribution is -2.37. The average molecular weight is 342 g/mol. The second-order valence-electron chi connectivity index (χ2n) is 7.51. The van der Waals surface area contributed by atoms with Crippen LogP contribution in [0.15, 0.2) is 18.5 Å². The maximum atomic E-state index is 12.9. The van der Waals surface area contributed by atoms with Crippen LogP contribution in [-0.4, -0.2) is 36.5 Å². The van der Waals surface area contributed by atoms with E-state index in [1.807, 2.05) is 42.0 Å². The number of aryl methyl sites for hydroxylation is 2. The Labute approximate surface area is 148 Å². The van der Waals surface area contributed by atoms with Crippen molar-refractivity contribution in [2.24, 2.45) is 13.0 Å². The molecule has 0 unspecified atom stereocenters. The maximum absolute atomic E-state index is 12.9. The Bertz CT molecular complexity index is 770. The molecule has 1 atom stereocenters. The molecule has 2 fully saturated rings. The molecule has 0 saturated heterocycles. The second kappa shape index (κ2) is 6.20. The van der Waals surface area contributed by atoms with Gasteiger partial charge < -0.3 is 4.90 Å². The Kier molecular flexibility index (Phi) is 4.01. The predicted molar refractivity (Wildman–Crippen MR) is 95.2 cm³/mol. The fourth-order valence-electron chi connectivity index (χ4n) is 3.38. The number of hydrogen-bond donors (Lipinski definition) is 1. The standard InChI is InChI=1S/C18H26N6O/c1-12-8-17(24(21-12)13(2)15-4-5-15)20-18(25)23(16-6-7-16)11-14-9-19-22(3)10-14/h8-10,13,15-16H,4-7,11H2,1-3H3,(H,20,25)/t13-/m1/s1. The van der Waals surface area contributed by atoms with Crippen LogP contribution in [0, 0.1) is 12.8 Å². The van der Waals surface area contributed by atoms with Gasteiger partial charge in [0.2, 0.25) is 0 Å². The zero-order valence-corrected chi connectivity index (χ0v) is 15.1. The van der Waals surface area contributed by atoms with Crippen LogP contribution >= 0.6 is 0 Å². The van der Waals surface area contributed by atoms with Crippen molar-refractivity contribution >= 4 is 11.8 Å². The third-order valence-corrected chi connectivity index (χ3v) is 5.14. The van der Waals surface area contributed by atoms with Crippen LogP contribution in [0.5, 0.6) is 0 Å². The Morgan fingerprint density at radius 3 is 2.76 bits per heavy atom. The van der Waals surface area contributed by atoms with E-state index in [-0.39, 0.29) is 6.03 Å². The molecule has 25 heavy (non-hydrogen) atoms. The van der Waals surface area contributed by atoms with E-state index in [1.54, 1.807) is 4.68 Å². The van der Waals surface area contributed by atoms with Crippen molar-refractivity contribution in [3.05, 3.63) is 29.7 Å². The first-order chi connectivity index (χ1) is 12.0. The number of carbonyl (C=O) groups is 1. The highest BCUT2D eigenvalue weighted by Crippen LogP contribution is 2.40. The monoisotopic (exact) mass is 342 g/mol. The molecular weight excluding hydrogens is 316 g/mol. The molecule has 7 nitrogen and oxygen atoms in total. The highest BCUT2D eigenvalue weighted by molar-refractivity contribution is 5.89.